The molecular formula is C24H35ClN3O3SY-. The molecule has 3 rings (SSSR count). The van der Waals surface area contributed by atoms with Gasteiger partial charge in [0, 0.05) is 50.7 Å². The van der Waals surface area contributed by atoms with Gasteiger partial charge in [0.25, 0.3) is 10.0 Å². The summed E-state index contributed by atoms with van der Waals surface area (Å²) in [6.07, 6.45) is 0.354. The Morgan fingerprint density at radius 3 is 2.18 bits per heavy atom. The second kappa shape index (κ2) is 13.8. The van der Waals surface area contributed by atoms with Crippen LogP contribution in [0.4, 0.5) is 5.69 Å². The van der Waals surface area contributed by atoms with E-state index in [2.05, 4.69) is 5.32 Å². The van der Waals surface area contributed by atoms with Crippen LogP contribution >= 0.6 is 11.6 Å². The minimum atomic E-state index is -3.64. The van der Waals surface area contributed by atoms with Gasteiger partial charge in [-0.2, -0.15) is 0 Å². The van der Waals surface area contributed by atoms with Crippen molar-refractivity contribution >= 4 is 33.2 Å². The monoisotopic (exact) mass is 569 g/mol. The van der Waals surface area contributed by atoms with Gasteiger partial charge >= 0.3 is 0 Å². The van der Waals surface area contributed by atoms with Crippen molar-refractivity contribution in [3.8, 4) is 0 Å². The van der Waals surface area contributed by atoms with E-state index in [0.717, 1.165) is 17.7 Å². The van der Waals surface area contributed by atoms with Crippen LogP contribution in [0.1, 0.15) is 65.1 Å². The standard InChI is InChI=1S/C16H17ClN2O2S.C6H13NO.C2H6.Y/c1-3-18-16-12-6-4-5-7-14(12)19(2)22(20,21)15-10-11(17)8-9-13(15)16;1-6(2,3)4-5(7)8;1-2;/h4-10,16,18H,3H2,1-2H3;4H2,1-3H3,(H2,7,8);1-2H3;/p-1. The Bertz CT molecular complexity index is 1020. The Balaban J connectivity index is 0.000000798. The number of halogens is 1. The summed E-state index contributed by atoms with van der Waals surface area (Å²) >= 11 is 6.04. The number of nitrogens with zero attached hydrogens (tertiary/aromatic N) is 1. The van der Waals surface area contributed by atoms with Gasteiger partial charge in [-0.05, 0) is 47.7 Å². The zero-order valence-electron chi connectivity index (χ0n) is 20.6. The fourth-order valence-electron chi connectivity index (χ4n) is 3.34. The van der Waals surface area contributed by atoms with Crippen LogP contribution in [-0.4, -0.2) is 27.9 Å². The predicted molar refractivity (Wildman–Crippen MR) is 134 cm³/mol. The second-order valence-electron chi connectivity index (χ2n) is 8.36. The largest absolute Gasteiger partial charge is 0.668 e. The summed E-state index contributed by atoms with van der Waals surface area (Å²) in [4.78, 5) is 10.4. The van der Waals surface area contributed by atoms with Crippen LogP contribution in [0, 0.1) is 5.41 Å². The number of hydrogen-bond donors (Lipinski definition) is 1. The molecule has 1 unspecified atom stereocenters. The van der Waals surface area contributed by atoms with Crippen molar-refractivity contribution in [2.24, 2.45) is 5.41 Å². The Labute approximate surface area is 229 Å². The number of para-hydroxylation sites is 1. The molecule has 9 heteroatoms. The summed E-state index contributed by atoms with van der Waals surface area (Å²) in [6.45, 7) is 12.6. The molecule has 0 fully saturated rings. The zero-order valence-corrected chi connectivity index (χ0v) is 25.0. The van der Waals surface area contributed by atoms with Crippen LogP contribution < -0.4 is 9.62 Å². The number of carbonyl (C=O) groups excluding carboxylic acids is 1. The molecule has 1 atom stereocenters. The number of rotatable bonds is 3. The molecule has 2 aromatic carbocycles. The van der Waals surface area contributed by atoms with E-state index >= 15 is 0 Å². The molecule has 1 aliphatic rings. The Kier molecular flexibility index (Phi) is 13.4. The van der Waals surface area contributed by atoms with E-state index < -0.39 is 15.9 Å². The molecule has 181 valence electrons. The van der Waals surface area contributed by atoms with Gasteiger partial charge in [0.15, 0.2) is 0 Å². The molecule has 0 aliphatic carbocycles. The van der Waals surface area contributed by atoms with E-state index in [9.17, 15) is 13.2 Å². The predicted octanol–water partition coefficient (Wildman–Crippen LogP) is 6.20. The van der Waals surface area contributed by atoms with E-state index in [0.29, 0.717) is 17.1 Å². The number of benzene rings is 2. The maximum atomic E-state index is 12.9. The molecule has 0 spiro atoms. The molecular weight excluding hydrogens is 535 g/mol. The summed E-state index contributed by atoms with van der Waals surface area (Å²) in [5.74, 6) is -0.475. The van der Waals surface area contributed by atoms with Crippen molar-refractivity contribution in [3.05, 3.63) is 64.3 Å². The smallest absolute Gasteiger partial charge is 0.264 e. The molecule has 2 N–H and O–H groups in total. The molecule has 33 heavy (non-hydrogen) atoms. The van der Waals surface area contributed by atoms with Gasteiger partial charge in [-0.1, -0.05) is 77.4 Å². The molecule has 0 saturated carbocycles. The number of fused-ring (bicyclic) bond motifs is 2. The first-order valence-corrected chi connectivity index (χ1v) is 12.6. The van der Waals surface area contributed by atoms with Gasteiger partial charge in [-0.3, -0.25) is 4.31 Å². The van der Waals surface area contributed by atoms with Crippen molar-refractivity contribution in [2.75, 3.05) is 17.9 Å². The van der Waals surface area contributed by atoms with Crippen LogP contribution in [0.3, 0.4) is 0 Å². The van der Waals surface area contributed by atoms with Crippen molar-refractivity contribution in [3.63, 3.8) is 0 Å². The average molecular weight is 570 g/mol. The maximum Gasteiger partial charge on any atom is 0.264 e. The number of anilines is 1. The van der Waals surface area contributed by atoms with E-state index in [1.54, 1.807) is 19.2 Å². The third-order valence-corrected chi connectivity index (χ3v) is 6.67. The summed E-state index contributed by atoms with van der Waals surface area (Å²) in [6, 6.07) is 12.4. The first-order valence-electron chi connectivity index (χ1n) is 10.7. The molecule has 0 saturated heterocycles. The molecule has 0 aromatic heterocycles. The fraction of sp³-hybridized carbons (Fsp3) is 0.458. The number of nitrogens with one attached hydrogen (secondary N) is 2. The van der Waals surface area contributed by atoms with Crippen molar-refractivity contribution < 1.29 is 45.9 Å². The number of sulfonamides is 1. The van der Waals surface area contributed by atoms with Crippen LogP contribution in [-0.2, 0) is 47.5 Å². The van der Waals surface area contributed by atoms with E-state index in [-0.39, 0.29) is 49.1 Å². The molecule has 1 radical (unpaired) electrons. The third-order valence-electron chi connectivity index (χ3n) is 4.61. The Morgan fingerprint density at radius 2 is 1.70 bits per heavy atom. The Hall–Kier alpha value is -0.986. The normalized spacial score (nSPS) is 15.8. The Morgan fingerprint density at radius 1 is 1.12 bits per heavy atom. The first kappa shape index (κ1) is 32.0. The van der Waals surface area contributed by atoms with Crippen molar-refractivity contribution in [2.45, 2.75) is 58.9 Å². The zero-order chi connectivity index (χ0) is 24.7. The van der Waals surface area contributed by atoms with Gasteiger partial charge in [-0.25, -0.2) is 8.42 Å². The summed E-state index contributed by atoms with van der Waals surface area (Å²) < 4.78 is 27.2. The van der Waals surface area contributed by atoms with Crippen molar-refractivity contribution in [1.29, 1.82) is 0 Å². The van der Waals surface area contributed by atoms with Gasteiger partial charge in [0.05, 0.1) is 16.6 Å². The molecule has 1 amide bonds. The molecule has 0 bridgehead atoms. The van der Waals surface area contributed by atoms with Gasteiger partial charge < -0.3 is 15.8 Å². The SMILES string of the molecule is CC.CC(C)(C)CC([NH-])=O.CCNC1c2ccccc2N(C)S(=O)(=O)c2cc(Cl)ccc21.[Y]. The fourth-order valence-corrected chi connectivity index (χ4v) is 5.06. The minimum Gasteiger partial charge on any atom is -0.668 e. The first-order chi connectivity index (χ1) is 14.9. The number of amides is 1. The van der Waals surface area contributed by atoms with Gasteiger partial charge in [0.2, 0.25) is 0 Å². The van der Waals surface area contributed by atoms with Crippen LogP contribution in [0.2, 0.25) is 5.02 Å². The van der Waals surface area contributed by atoms with E-state index in [4.69, 9.17) is 17.3 Å². The van der Waals surface area contributed by atoms with Crippen LogP contribution in [0.15, 0.2) is 47.4 Å². The molecule has 1 heterocycles. The summed E-state index contributed by atoms with van der Waals surface area (Å²) in [5.41, 5.74) is 8.93. The third kappa shape index (κ3) is 8.63. The van der Waals surface area contributed by atoms with E-state index in [1.807, 2.05) is 65.8 Å². The average Bonchev–Trinajstić information content (AvgIpc) is 2.77. The summed E-state index contributed by atoms with van der Waals surface area (Å²) in [7, 11) is -2.06. The molecule has 2 aromatic rings. The van der Waals surface area contributed by atoms with Crippen LogP contribution in [0.5, 0.6) is 0 Å². The van der Waals surface area contributed by atoms with Gasteiger partial charge in [-0.15, -0.1) is 0 Å². The van der Waals surface area contributed by atoms with E-state index in [1.165, 1.54) is 10.4 Å². The number of hydrogen-bond acceptors (Lipinski definition) is 4. The number of carbonyl (C=O) groups is 1. The quantitative estimate of drug-likeness (QED) is 0.476. The van der Waals surface area contributed by atoms with Gasteiger partial charge in [0.1, 0.15) is 0 Å². The summed E-state index contributed by atoms with van der Waals surface area (Å²) in [5, 5.41) is 3.79. The topological polar surface area (TPSA) is 90.3 Å². The maximum absolute atomic E-state index is 12.9. The van der Waals surface area contributed by atoms with Crippen molar-refractivity contribution in [1.82, 2.24) is 5.32 Å². The minimum absolute atomic E-state index is 0. The molecule has 6 nitrogen and oxygen atoms in total. The van der Waals surface area contributed by atoms with Crippen LogP contribution in [0.25, 0.3) is 5.73 Å². The second-order valence-corrected chi connectivity index (χ2v) is 10.7. The molecule has 1 aliphatic heterocycles.